The molecule has 1 amide bonds. The number of likely N-dealkylation sites (tertiary alicyclic amines) is 1. The number of aryl methyl sites for hydroxylation is 1. The Morgan fingerprint density at radius 2 is 2.08 bits per heavy atom. The van der Waals surface area contributed by atoms with Crippen LogP contribution in [0, 0.1) is 6.92 Å². The van der Waals surface area contributed by atoms with E-state index in [1.807, 2.05) is 17.2 Å². The molecule has 0 aliphatic carbocycles. The summed E-state index contributed by atoms with van der Waals surface area (Å²) in [6.45, 7) is 4.10. The van der Waals surface area contributed by atoms with E-state index in [9.17, 15) is 4.79 Å². The molecule has 2 aromatic heterocycles. The molecule has 0 N–H and O–H groups in total. The maximum Gasteiger partial charge on any atom is 0.228 e. The average molecular weight is 349 g/mol. The van der Waals surface area contributed by atoms with Gasteiger partial charge in [-0.25, -0.2) is 14.6 Å². The van der Waals surface area contributed by atoms with E-state index in [-0.39, 0.29) is 24.2 Å². The number of carbonyl (C=O) groups excluding carboxylic acids is 1. The molecule has 2 atom stereocenters. The summed E-state index contributed by atoms with van der Waals surface area (Å²) in [7, 11) is 0. The minimum Gasteiger partial charge on any atom is -0.371 e. The van der Waals surface area contributed by atoms with Crippen molar-refractivity contribution in [2.75, 3.05) is 26.3 Å². The van der Waals surface area contributed by atoms with Crippen molar-refractivity contribution in [3.05, 3.63) is 28.7 Å². The van der Waals surface area contributed by atoms with Crippen molar-refractivity contribution in [1.29, 1.82) is 0 Å². The van der Waals surface area contributed by atoms with E-state index in [1.54, 1.807) is 22.3 Å². The van der Waals surface area contributed by atoms with E-state index < -0.39 is 0 Å². The van der Waals surface area contributed by atoms with Gasteiger partial charge in [0.15, 0.2) is 0 Å². The molecule has 2 aliphatic heterocycles. The third-order valence-electron chi connectivity index (χ3n) is 4.38. The first-order valence-corrected chi connectivity index (χ1v) is 8.83. The van der Waals surface area contributed by atoms with Crippen molar-refractivity contribution in [3.63, 3.8) is 0 Å². The summed E-state index contributed by atoms with van der Waals surface area (Å²) in [6, 6.07) is 0.0280. The smallest absolute Gasteiger partial charge is 0.228 e. The zero-order valence-electron chi connectivity index (χ0n) is 13.4. The second kappa shape index (κ2) is 6.58. The molecule has 0 bridgehead atoms. The quantitative estimate of drug-likeness (QED) is 0.800. The molecule has 0 radical (unpaired) electrons. The minimum atomic E-state index is -0.0837. The predicted octanol–water partition coefficient (Wildman–Crippen LogP) is 0.453. The standard InChI is InChI=1S/C15H19N5O3S/c1-10-18-11(7-24-10)2-15(21)19-3-13-14(4-19)23-6-12(5-22-13)20-9-16-8-17-20/h7-9,12-14H,2-6H2,1H3/t13-,14-/m0/s1. The van der Waals surface area contributed by atoms with Crippen LogP contribution in [0.15, 0.2) is 18.0 Å². The monoisotopic (exact) mass is 349 g/mol. The molecule has 0 spiro atoms. The van der Waals surface area contributed by atoms with Gasteiger partial charge in [-0.05, 0) is 6.92 Å². The minimum absolute atomic E-state index is 0.0280. The zero-order valence-corrected chi connectivity index (χ0v) is 14.2. The molecule has 0 aromatic carbocycles. The third kappa shape index (κ3) is 3.19. The van der Waals surface area contributed by atoms with E-state index in [0.717, 1.165) is 10.7 Å². The number of amides is 1. The van der Waals surface area contributed by atoms with Gasteiger partial charge in [0.2, 0.25) is 5.91 Å². The molecule has 0 unspecified atom stereocenters. The van der Waals surface area contributed by atoms with Crippen molar-refractivity contribution >= 4 is 17.2 Å². The van der Waals surface area contributed by atoms with Crippen molar-refractivity contribution in [1.82, 2.24) is 24.6 Å². The Kier molecular flexibility index (Phi) is 4.30. The van der Waals surface area contributed by atoms with E-state index >= 15 is 0 Å². The molecule has 2 fully saturated rings. The Hall–Kier alpha value is -1.84. The summed E-state index contributed by atoms with van der Waals surface area (Å²) in [5, 5.41) is 7.07. The van der Waals surface area contributed by atoms with Gasteiger partial charge < -0.3 is 14.4 Å². The van der Waals surface area contributed by atoms with Crippen LogP contribution in [0.3, 0.4) is 0 Å². The highest BCUT2D eigenvalue weighted by Gasteiger charge is 2.39. The Morgan fingerprint density at radius 3 is 2.67 bits per heavy atom. The summed E-state index contributed by atoms with van der Waals surface area (Å²) in [6.07, 6.45) is 3.35. The molecule has 4 heterocycles. The fourth-order valence-electron chi connectivity index (χ4n) is 3.10. The van der Waals surface area contributed by atoms with Crippen LogP contribution in [0.1, 0.15) is 16.7 Å². The summed E-state index contributed by atoms with van der Waals surface area (Å²) in [5.41, 5.74) is 0.836. The average Bonchev–Trinajstić information content (AvgIpc) is 3.28. The maximum atomic E-state index is 12.5. The Morgan fingerprint density at radius 1 is 1.33 bits per heavy atom. The van der Waals surface area contributed by atoms with Gasteiger partial charge in [0.25, 0.3) is 0 Å². The first kappa shape index (κ1) is 15.7. The van der Waals surface area contributed by atoms with Gasteiger partial charge in [-0.1, -0.05) is 0 Å². The van der Waals surface area contributed by atoms with Crippen LogP contribution in [-0.4, -0.2) is 69.1 Å². The second-order valence-electron chi connectivity index (χ2n) is 6.11. The molecule has 2 aromatic rings. The van der Waals surface area contributed by atoms with Gasteiger partial charge in [0.1, 0.15) is 30.9 Å². The molecule has 24 heavy (non-hydrogen) atoms. The van der Waals surface area contributed by atoms with Crippen LogP contribution in [0.2, 0.25) is 0 Å². The zero-order chi connectivity index (χ0) is 16.5. The number of hydrogen-bond donors (Lipinski definition) is 0. The molecular formula is C15H19N5O3S. The molecule has 2 aliphatic rings. The van der Waals surface area contributed by atoms with Crippen LogP contribution in [0.4, 0.5) is 0 Å². The fourth-order valence-corrected chi connectivity index (χ4v) is 3.71. The third-order valence-corrected chi connectivity index (χ3v) is 5.21. The van der Waals surface area contributed by atoms with Gasteiger partial charge in [-0.2, -0.15) is 5.10 Å². The predicted molar refractivity (Wildman–Crippen MR) is 85.7 cm³/mol. The second-order valence-corrected chi connectivity index (χ2v) is 7.17. The van der Waals surface area contributed by atoms with Gasteiger partial charge in [0.05, 0.1) is 30.3 Å². The lowest BCUT2D eigenvalue weighted by atomic mass is 10.3. The first-order chi connectivity index (χ1) is 11.7. The SMILES string of the molecule is Cc1nc(CC(=O)N2C[C@@H]3OCC(n4cncn4)CO[C@H]3C2)cs1. The van der Waals surface area contributed by atoms with Crippen LogP contribution < -0.4 is 0 Å². The van der Waals surface area contributed by atoms with Gasteiger partial charge >= 0.3 is 0 Å². The fraction of sp³-hybridized carbons (Fsp3) is 0.600. The number of ether oxygens (including phenoxy) is 2. The van der Waals surface area contributed by atoms with Gasteiger partial charge in [-0.15, -0.1) is 11.3 Å². The maximum absolute atomic E-state index is 12.5. The summed E-state index contributed by atoms with van der Waals surface area (Å²) < 4.78 is 13.7. The Labute approximate surface area is 143 Å². The van der Waals surface area contributed by atoms with Crippen LogP contribution >= 0.6 is 11.3 Å². The van der Waals surface area contributed by atoms with Crippen molar-refractivity contribution < 1.29 is 14.3 Å². The first-order valence-electron chi connectivity index (χ1n) is 7.95. The molecule has 0 saturated carbocycles. The molecule has 9 heteroatoms. The van der Waals surface area contributed by atoms with Crippen LogP contribution in [0.25, 0.3) is 0 Å². The van der Waals surface area contributed by atoms with Crippen molar-refractivity contribution in [2.24, 2.45) is 0 Å². The lowest BCUT2D eigenvalue weighted by molar-refractivity contribution is -0.130. The highest BCUT2D eigenvalue weighted by Crippen LogP contribution is 2.24. The van der Waals surface area contributed by atoms with E-state index in [1.165, 1.54) is 6.33 Å². The van der Waals surface area contributed by atoms with E-state index in [4.69, 9.17) is 9.47 Å². The Balaban J connectivity index is 1.35. The number of rotatable bonds is 3. The lowest BCUT2D eigenvalue weighted by Gasteiger charge is -2.18. The molecule has 128 valence electrons. The largest absolute Gasteiger partial charge is 0.371 e. The number of nitrogens with zero attached hydrogens (tertiary/aromatic N) is 5. The molecular weight excluding hydrogens is 330 g/mol. The van der Waals surface area contributed by atoms with E-state index in [0.29, 0.717) is 32.7 Å². The number of carbonyl (C=O) groups is 1. The Bertz CT molecular complexity index is 688. The normalized spacial score (nSPS) is 24.8. The summed E-state index contributed by atoms with van der Waals surface area (Å²) in [5.74, 6) is 0.0772. The van der Waals surface area contributed by atoms with Crippen molar-refractivity contribution in [3.8, 4) is 0 Å². The summed E-state index contributed by atoms with van der Waals surface area (Å²) >= 11 is 1.57. The van der Waals surface area contributed by atoms with Gasteiger partial charge in [-0.3, -0.25) is 4.79 Å². The highest BCUT2D eigenvalue weighted by atomic mass is 32.1. The lowest BCUT2D eigenvalue weighted by Crippen LogP contribution is -2.32. The van der Waals surface area contributed by atoms with Crippen LogP contribution in [0.5, 0.6) is 0 Å². The van der Waals surface area contributed by atoms with Crippen LogP contribution in [-0.2, 0) is 20.7 Å². The topological polar surface area (TPSA) is 82.4 Å². The van der Waals surface area contributed by atoms with Gasteiger partial charge in [0, 0.05) is 18.5 Å². The molecule has 4 rings (SSSR count). The number of fused-ring (bicyclic) bond motifs is 1. The van der Waals surface area contributed by atoms with E-state index in [2.05, 4.69) is 15.1 Å². The van der Waals surface area contributed by atoms with Crippen molar-refractivity contribution in [2.45, 2.75) is 31.6 Å². The molecule has 8 nitrogen and oxygen atoms in total. The number of aromatic nitrogens is 4. The molecule has 2 saturated heterocycles. The number of hydrogen-bond acceptors (Lipinski definition) is 7. The summed E-state index contributed by atoms with van der Waals surface area (Å²) in [4.78, 5) is 22.6. The highest BCUT2D eigenvalue weighted by molar-refractivity contribution is 7.09. The number of thiazole rings is 1.